The van der Waals surface area contributed by atoms with Crippen LogP contribution in [-0.2, 0) is 17.8 Å². The van der Waals surface area contributed by atoms with E-state index in [1.165, 1.54) is 12.1 Å². The van der Waals surface area contributed by atoms with Crippen LogP contribution in [0.5, 0.6) is 0 Å². The molecule has 1 heterocycles. The van der Waals surface area contributed by atoms with E-state index in [0.29, 0.717) is 30.1 Å². The minimum absolute atomic E-state index is 0.0687. The van der Waals surface area contributed by atoms with Crippen molar-refractivity contribution in [3.63, 3.8) is 0 Å². The molecule has 1 fully saturated rings. The van der Waals surface area contributed by atoms with Crippen molar-refractivity contribution in [1.82, 2.24) is 4.90 Å². The number of carboxylic acid groups (broad SMARTS) is 1. The topological polar surface area (TPSA) is 60.8 Å². The standard InChI is InChI=1S/C21H23ClFNO3/c1-14-4-2-7-18(22)17(14)12-24-9-8-19(25)21(13-24,20(26)27)11-15-5-3-6-16(23)10-15/h2-7,10,19,25H,8-9,11-13H2,1H3,(H,26,27)/t19-,21-/m1/s1. The summed E-state index contributed by atoms with van der Waals surface area (Å²) in [4.78, 5) is 14.2. The van der Waals surface area contributed by atoms with Crippen molar-refractivity contribution in [2.45, 2.75) is 32.4 Å². The summed E-state index contributed by atoms with van der Waals surface area (Å²) < 4.78 is 13.6. The molecule has 1 aliphatic heterocycles. The lowest BCUT2D eigenvalue weighted by Crippen LogP contribution is -2.56. The van der Waals surface area contributed by atoms with Crippen LogP contribution in [0.15, 0.2) is 42.5 Å². The van der Waals surface area contributed by atoms with Crippen LogP contribution in [0.3, 0.4) is 0 Å². The Labute approximate surface area is 163 Å². The van der Waals surface area contributed by atoms with Gasteiger partial charge < -0.3 is 10.2 Å². The highest BCUT2D eigenvalue weighted by molar-refractivity contribution is 6.31. The number of aliphatic hydroxyl groups is 1. The van der Waals surface area contributed by atoms with Crippen molar-refractivity contribution in [2.75, 3.05) is 13.1 Å². The maximum absolute atomic E-state index is 13.6. The largest absolute Gasteiger partial charge is 0.481 e. The predicted octanol–water partition coefficient (Wildman–Crippen LogP) is 3.67. The average molecular weight is 392 g/mol. The van der Waals surface area contributed by atoms with Crippen LogP contribution >= 0.6 is 11.6 Å². The maximum atomic E-state index is 13.6. The van der Waals surface area contributed by atoms with Gasteiger partial charge in [-0.1, -0.05) is 35.9 Å². The number of hydrogen-bond donors (Lipinski definition) is 2. The molecule has 0 aromatic heterocycles. The highest BCUT2D eigenvalue weighted by atomic mass is 35.5. The molecule has 2 aromatic rings. The van der Waals surface area contributed by atoms with Crippen LogP contribution in [0.25, 0.3) is 0 Å². The first-order valence-electron chi connectivity index (χ1n) is 8.94. The van der Waals surface area contributed by atoms with E-state index in [1.807, 2.05) is 30.0 Å². The second-order valence-corrected chi connectivity index (χ2v) is 7.73. The van der Waals surface area contributed by atoms with Crippen LogP contribution in [0.4, 0.5) is 4.39 Å². The molecule has 3 rings (SSSR count). The molecule has 0 spiro atoms. The number of carbonyl (C=O) groups is 1. The van der Waals surface area contributed by atoms with Gasteiger partial charge in [0.1, 0.15) is 11.2 Å². The first-order valence-corrected chi connectivity index (χ1v) is 9.32. The SMILES string of the molecule is Cc1cccc(Cl)c1CN1CC[C@@H](O)[C@](Cc2cccc(F)c2)(C(=O)O)C1. The fourth-order valence-electron chi connectivity index (χ4n) is 3.86. The Morgan fingerprint density at radius 3 is 2.74 bits per heavy atom. The smallest absolute Gasteiger partial charge is 0.313 e. The molecule has 6 heteroatoms. The normalized spacial score (nSPS) is 23.3. The van der Waals surface area contributed by atoms with Crippen molar-refractivity contribution >= 4 is 17.6 Å². The third-order valence-electron chi connectivity index (χ3n) is 5.43. The Bertz CT molecular complexity index is 824. The summed E-state index contributed by atoms with van der Waals surface area (Å²) in [6.07, 6.45) is -0.591. The molecule has 2 atom stereocenters. The third kappa shape index (κ3) is 4.15. The number of aliphatic carboxylic acids is 1. The predicted molar refractivity (Wildman–Crippen MR) is 102 cm³/mol. The lowest BCUT2D eigenvalue weighted by atomic mass is 9.72. The van der Waals surface area contributed by atoms with E-state index in [0.717, 1.165) is 11.1 Å². The van der Waals surface area contributed by atoms with Crippen molar-refractivity contribution in [2.24, 2.45) is 5.41 Å². The molecule has 2 N–H and O–H groups in total. The average Bonchev–Trinajstić information content (AvgIpc) is 2.61. The van der Waals surface area contributed by atoms with Gasteiger partial charge in [-0.3, -0.25) is 9.69 Å². The lowest BCUT2D eigenvalue weighted by Gasteiger charge is -2.43. The Morgan fingerprint density at radius 1 is 1.33 bits per heavy atom. The van der Waals surface area contributed by atoms with E-state index < -0.39 is 23.3 Å². The molecule has 2 aromatic carbocycles. The summed E-state index contributed by atoms with van der Waals surface area (Å²) in [5, 5.41) is 21.2. The monoisotopic (exact) mass is 391 g/mol. The lowest BCUT2D eigenvalue weighted by molar-refractivity contribution is -0.163. The van der Waals surface area contributed by atoms with Gasteiger partial charge in [0.2, 0.25) is 0 Å². The van der Waals surface area contributed by atoms with Crippen molar-refractivity contribution in [3.05, 3.63) is 70.0 Å². The van der Waals surface area contributed by atoms with Crippen LogP contribution in [-0.4, -0.2) is 40.3 Å². The van der Waals surface area contributed by atoms with Gasteiger partial charge in [0, 0.05) is 24.7 Å². The Balaban J connectivity index is 1.88. The number of piperidine rings is 1. The summed E-state index contributed by atoms with van der Waals surface area (Å²) >= 11 is 6.32. The van der Waals surface area contributed by atoms with E-state index in [-0.39, 0.29) is 13.0 Å². The molecular formula is C21H23ClFNO3. The molecule has 0 unspecified atom stereocenters. The number of nitrogens with zero attached hydrogens (tertiary/aromatic N) is 1. The highest BCUT2D eigenvalue weighted by Gasteiger charge is 2.49. The minimum Gasteiger partial charge on any atom is -0.481 e. The van der Waals surface area contributed by atoms with Gasteiger partial charge in [0.05, 0.1) is 6.10 Å². The number of aryl methyl sites for hydroxylation is 1. The molecule has 0 saturated carbocycles. The number of halogens is 2. The molecule has 1 aliphatic rings. The molecule has 1 saturated heterocycles. The Morgan fingerprint density at radius 2 is 2.07 bits per heavy atom. The minimum atomic E-state index is -1.39. The molecular weight excluding hydrogens is 369 g/mol. The van der Waals surface area contributed by atoms with Crippen molar-refractivity contribution in [3.8, 4) is 0 Å². The summed E-state index contributed by atoms with van der Waals surface area (Å²) in [6.45, 7) is 3.22. The van der Waals surface area contributed by atoms with Gasteiger partial charge in [0.25, 0.3) is 0 Å². The maximum Gasteiger partial charge on any atom is 0.313 e. The Hall–Kier alpha value is -1.95. The summed E-state index contributed by atoms with van der Waals surface area (Å²) in [5.74, 6) is -1.48. The zero-order chi connectivity index (χ0) is 19.6. The van der Waals surface area contributed by atoms with Gasteiger partial charge in [-0.2, -0.15) is 0 Å². The molecule has 4 nitrogen and oxygen atoms in total. The molecule has 0 radical (unpaired) electrons. The second-order valence-electron chi connectivity index (χ2n) is 7.32. The van der Waals surface area contributed by atoms with Crippen molar-refractivity contribution < 1.29 is 19.4 Å². The summed E-state index contributed by atoms with van der Waals surface area (Å²) in [5.41, 5.74) is 1.17. The molecule has 0 amide bonds. The molecule has 0 bridgehead atoms. The second kappa shape index (κ2) is 7.97. The summed E-state index contributed by atoms with van der Waals surface area (Å²) in [7, 11) is 0. The Kier molecular flexibility index (Phi) is 5.84. The van der Waals surface area contributed by atoms with Crippen LogP contribution < -0.4 is 0 Å². The number of aliphatic hydroxyl groups excluding tert-OH is 1. The highest BCUT2D eigenvalue weighted by Crippen LogP contribution is 2.36. The number of rotatable bonds is 5. The van der Waals surface area contributed by atoms with E-state index in [1.54, 1.807) is 12.1 Å². The zero-order valence-electron chi connectivity index (χ0n) is 15.2. The quantitative estimate of drug-likeness (QED) is 0.816. The first kappa shape index (κ1) is 19.8. The van der Waals surface area contributed by atoms with Gasteiger partial charge in [-0.15, -0.1) is 0 Å². The fraction of sp³-hybridized carbons (Fsp3) is 0.381. The zero-order valence-corrected chi connectivity index (χ0v) is 15.9. The number of carboxylic acids is 1. The number of hydrogen-bond acceptors (Lipinski definition) is 3. The van der Waals surface area contributed by atoms with Crippen LogP contribution in [0.2, 0.25) is 5.02 Å². The first-order chi connectivity index (χ1) is 12.8. The molecule has 144 valence electrons. The van der Waals surface area contributed by atoms with E-state index in [4.69, 9.17) is 11.6 Å². The fourth-order valence-corrected chi connectivity index (χ4v) is 4.14. The molecule has 0 aliphatic carbocycles. The van der Waals surface area contributed by atoms with Gasteiger partial charge in [-0.25, -0.2) is 4.39 Å². The van der Waals surface area contributed by atoms with Gasteiger partial charge >= 0.3 is 5.97 Å². The number of likely N-dealkylation sites (tertiary alicyclic amines) is 1. The van der Waals surface area contributed by atoms with E-state index >= 15 is 0 Å². The summed E-state index contributed by atoms with van der Waals surface area (Å²) in [6, 6.07) is 11.6. The van der Waals surface area contributed by atoms with Crippen molar-refractivity contribution in [1.29, 1.82) is 0 Å². The third-order valence-corrected chi connectivity index (χ3v) is 5.79. The van der Waals surface area contributed by atoms with Gasteiger partial charge in [0.15, 0.2) is 0 Å². The van der Waals surface area contributed by atoms with Gasteiger partial charge in [-0.05, 0) is 54.7 Å². The number of benzene rings is 2. The van der Waals surface area contributed by atoms with Crippen LogP contribution in [0, 0.1) is 18.2 Å². The van der Waals surface area contributed by atoms with E-state index in [2.05, 4.69) is 0 Å². The molecule has 27 heavy (non-hydrogen) atoms. The van der Waals surface area contributed by atoms with E-state index in [9.17, 15) is 19.4 Å². The van der Waals surface area contributed by atoms with Crippen LogP contribution in [0.1, 0.15) is 23.1 Å².